The van der Waals surface area contributed by atoms with Crippen molar-refractivity contribution in [2.24, 2.45) is 0 Å². The van der Waals surface area contributed by atoms with Gasteiger partial charge in [-0.05, 0) is 47.9 Å². The number of nitrogens with zero attached hydrogens (tertiary/aromatic N) is 1. The topological polar surface area (TPSA) is 15.3 Å². The van der Waals surface area contributed by atoms with Crippen LogP contribution in [0.3, 0.4) is 0 Å². The minimum atomic E-state index is 0.737. The van der Waals surface area contributed by atoms with Gasteiger partial charge in [-0.25, -0.2) is 0 Å². The minimum Gasteiger partial charge on any atom is -0.315 e. The zero-order chi connectivity index (χ0) is 11.4. The number of nitrogens with one attached hydrogen (secondary N) is 1. The Kier molecular flexibility index (Phi) is 4.82. The highest BCUT2D eigenvalue weighted by atomic mass is 79.9. The number of hydrogen-bond acceptors (Lipinski definition) is 3. The average molecular weight is 303 g/mol. The van der Waals surface area contributed by atoms with E-state index in [0.717, 1.165) is 19.1 Å². The van der Waals surface area contributed by atoms with E-state index in [1.807, 2.05) is 11.3 Å². The third-order valence-corrected chi connectivity index (χ3v) is 4.72. The molecule has 1 N–H and O–H groups in total. The second-order valence-electron chi connectivity index (χ2n) is 4.35. The summed E-state index contributed by atoms with van der Waals surface area (Å²) in [6.07, 6.45) is 2.54. The first-order chi connectivity index (χ1) is 7.79. The largest absolute Gasteiger partial charge is 0.315 e. The molecule has 1 aromatic heterocycles. The van der Waals surface area contributed by atoms with Crippen LogP contribution in [0.2, 0.25) is 0 Å². The first kappa shape index (κ1) is 12.6. The molecule has 1 aliphatic heterocycles. The third-order valence-electron chi connectivity index (χ3n) is 3.04. The van der Waals surface area contributed by atoms with Gasteiger partial charge in [0.05, 0.1) is 0 Å². The standard InChI is InChI=1S/C12H19BrN2S/c1-2-5-15(11-3-4-14-7-11)8-12-6-10(13)9-16-12/h6,9,11,14H,2-5,7-8H2,1H3. The summed E-state index contributed by atoms with van der Waals surface area (Å²) in [7, 11) is 0. The fourth-order valence-electron chi connectivity index (χ4n) is 2.27. The average Bonchev–Trinajstić information content (AvgIpc) is 2.88. The van der Waals surface area contributed by atoms with Crippen LogP contribution in [0.15, 0.2) is 15.9 Å². The van der Waals surface area contributed by atoms with Gasteiger partial charge in [-0.3, -0.25) is 4.90 Å². The Morgan fingerprint density at radius 2 is 2.50 bits per heavy atom. The molecule has 2 heterocycles. The zero-order valence-electron chi connectivity index (χ0n) is 9.71. The van der Waals surface area contributed by atoms with E-state index in [-0.39, 0.29) is 0 Å². The SMILES string of the molecule is CCCN(Cc1cc(Br)cs1)C1CCNC1. The van der Waals surface area contributed by atoms with Crippen LogP contribution >= 0.6 is 27.3 Å². The van der Waals surface area contributed by atoms with Gasteiger partial charge in [0.25, 0.3) is 0 Å². The Labute approximate surface area is 110 Å². The van der Waals surface area contributed by atoms with E-state index in [0.29, 0.717) is 0 Å². The van der Waals surface area contributed by atoms with Gasteiger partial charge in [0, 0.05) is 33.9 Å². The predicted octanol–water partition coefficient (Wildman–Crippen LogP) is 3.08. The third kappa shape index (κ3) is 3.29. The Balaban J connectivity index is 1.96. The number of thiophene rings is 1. The van der Waals surface area contributed by atoms with Crippen LogP contribution in [0, 0.1) is 0 Å². The predicted molar refractivity (Wildman–Crippen MR) is 74.0 cm³/mol. The normalized spacial score (nSPS) is 20.8. The Morgan fingerprint density at radius 3 is 3.06 bits per heavy atom. The molecule has 0 radical (unpaired) electrons. The molecule has 0 amide bonds. The molecule has 1 unspecified atom stereocenters. The van der Waals surface area contributed by atoms with Crippen LogP contribution in [0.5, 0.6) is 0 Å². The van der Waals surface area contributed by atoms with Crippen molar-refractivity contribution in [3.63, 3.8) is 0 Å². The maximum Gasteiger partial charge on any atom is 0.0331 e. The highest BCUT2D eigenvalue weighted by Gasteiger charge is 2.21. The Morgan fingerprint density at radius 1 is 1.62 bits per heavy atom. The fourth-order valence-corrected chi connectivity index (χ4v) is 3.74. The molecule has 1 fully saturated rings. The van der Waals surface area contributed by atoms with Crippen molar-refractivity contribution < 1.29 is 0 Å². The zero-order valence-corrected chi connectivity index (χ0v) is 12.1. The van der Waals surface area contributed by atoms with Gasteiger partial charge in [0.2, 0.25) is 0 Å². The monoisotopic (exact) mass is 302 g/mol. The van der Waals surface area contributed by atoms with Gasteiger partial charge < -0.3 is 5.32 Å². The highest BCUT2D eigenvalue weighted by molar-refractivity contribution is 9.10. The molecule has 16 heavy (non-hydrogen) atoms. The maximum atomic E-state index is 3.52. The van der Waals surface area contributed by atoms with E-state index in [1.54, 1.807) is 0 Å². The van der Waals surface area contributed by atoms with Crippen molar-refractivity contribution >= 4 is 27.3 Å². The van der Waals surface area contributed by atoms with Gasteiger partial charge in [-0.2, -0.15) is 0 Å². The van der Waals surface area contributed by atoms with Crippen LogP contribution < -0.4 is 5.32 Å². The van der Waals surface area contributed by atoms with Gasteiger partial charge in [0.1, 0.15) is 0 Å². The lowest BCUT2D eigenvalue weighted by Gasteiger charge is -2.27. The molecule has 1 aliphatic rings. The molecule has 90 valence electrons. The van der Waals surface area contributed by atoms with Crippen LogP contribution in [0.4, 0.5) is 0 Å². The summed E-state index contributed by atoms with van der Waals surface area (Å²) in [6, 6.07) is 2.98. The van der Waals surface area contributed by atoms with Gasteiger partial charge in [-0.1, -0.05) is 6.92 Å². The number of halogens is 1. The lowest BCUT2D eigenvalue weighted by Crippen LogP contribution is -2.36. The summed E-state index contributed by atoms with van der Waals surface area (Å²) < 4.78 is 1.22. The van der Waals surface area contributed by atoms with Crippen molar-refractivity contribution in [3.05, 3.63) is 20.8 Å². The van der Waals surface area contributed by atoms with Gasteiger partial charge in [-0.15, -0.1) is 11.3 Å². The van der Waals surface area contributed by atoms with Crippen LogP contribution in [-0.2, 0) is 6.54 Å². The minimum absolute atomic E-state index is 0.737. The number of hydrogen-bond donors (Lipinski definition) is 1. The molecule has 1 aromatic rings. The molecule has 2 rings (SSSR count). The van der Waals surface area contributed by atoms with E-state index in [4.69, 9.17) is 0 Å². The van der Waals surface area contributed by atoms with Crippen LogP contribution in [0.25, 0.3) is 0 Å². The summed E-state index contributed by atoms with van der Waals surface area (Å²) in [5.74, 6) is 0. The second kappa shape index (κ2) is 6.15. The molecule has 0 spiro atoms. The van der Waals surface area contributed by atoms with E-state index in [9.17, 15) is 0 Å². The summed E-state index contributed by atoms with van der Waals surface area (Å²) in [4.78, 5) is 4.09. The van der Waals surface area contributed by atoms with Crippen molar-refractivity contribution in [2.45, 2.75) is 32.4 Å². The molecule has 0 aliphatic carbocycles. The molecule has 2 nitrogen and oxygen atoms in total. The smallest absolute Gasteiger partial charge is 0.0331 e. The van der Waals surface area contributed by atoms with Crippen molar-refractivity contribution in [2.75, 3.05) is 19.6 Å². The first-order valence-electron chi connectivity index (χ1n) is 5.97. The quantitative estimate of drug-likeness (QED) is 0.899. The Hall–Kier alpha value is 0.1000. The van der Waals surface area contributed by atoms with Crippen molar-refractivity contribution in [3.8, 4) is 0 Å². The summed E-state index contributed by atoms with van der Waals surface area (Å²) >= 11 is 5.38. The van der Waals surface area contributed by atoms with E-state index >= 15 is 0 Å². The molecular weight excluding hydrogens is 284 g/mol. The van der Waals surface area contributed by atoms with E-state index in [2.05, 4.69) is 44.5 Å². The molecule has 0 saturated carbocycles. The fraction of sp³-hybridized carbons (Fsp3) is 0.667. The molecule has 1 atom stereocenters. The van der Waals surface area contributed by atoms with E-state index < -0.39 is 0 Å². The highest BCUT2D eigenvalue weighted by Crippen LogP contribution is 2.23. The first-order valence-corrected chi connectivity index (χ1v) is 7.64. The summed E-state index contributed by atoms with van der Waals surface area (Å²) in [5.41, 5.74) is 0. The van der Waals surface area contributed by atoms with Gasteiger partial charge in [0.15, 0.2) is 0 Å². The summed E-state index contributed by atoms with van der Waals surface area (Å²) in [5, 5.41) is 5.63. The van der Waals surface area contributed by atoms with E-state index in [1.165, 1.54) is 35.3 Å². The molecule has 0 bridgehead atoms. The van der Waals surface area contributed by atoms with Crippen molar-refractivity contribution in [1.29, 1.82) is 0 Å². The van der Waals surface area contributed by atoms with Crippen LogP contribution in [0.1, 0.15) is 24.6 Å². The second-order valence-corrected chi connectivity index (χ2v) is 6.26. The Bertz CT molecular complexity index is 321. The molecule has 4 heteroatoms. The molecule has 1 saturated heterocycles. The van der Waals surface area contributed by atoms with Crippen LogP contribution in [-0.4, -0.2) is 30.6 Å². The van der Waals surface area contributed by atoms with Gasteiger partial charge >= 0.3 is 0 Å². The lowest BCUT2D eigenvalue weighted by molar-refractivity contribution is 0.201. The summed E-state index contributed by atoms with van der Waals surface area (Å²) in [6.45, 7) is 6.92. The van der Waals surface area contributed by atoms with Crippen molar-refractivity contribution in [1.82, 2.24) is 10.2 Å². The lowest BCUT2D eigenvalue weighted by atomic mass is 10.2. The molecular formula is C12H19BrN2S. The molecule has 0 aromatic carbocycles. The maximum absolute atomic E-state index is 3.52. The number of rotatable bonds is 5.